The van der Waals surface area contributed by atoms with Crippen molar-refractivity contribution in [1.82, 2.24) is 14.3 Å². The third-order valence-electron chi connectivity index (χ3n) is 4.09. The second-order valence-corrected chi connectivity index (χ2v) is 5.60. The van der Waals surface area contributed by atoms with Crippen LogP contribution in [0.25, 0.3) is 0 Å². The summed E-state index contributed by atoms with van der Waals surface area (Å²) in [6, 6.07) is 0.107. The minimum atomic E-state index is -0.432. The smallest absolute Gasteiger partial charge is 0.346 e. The first kappa shape index (κ1) is 13.8. The molecule has 2 unspecified atom stereocenters. The summed E-state index contributed by atoms with van der Waals surface area (Å²) in [5, 5.41) is 7.12. The van der Waals surface area contributed by atoms with Crippen LogP contribution >= 0.6 is 0 Å². The summed E-state index contributed by atoms with van der Waals surface area (Å²) in [6.07, 6.45) is 0.985. The van der Waals surface area contributed by atoms with Crippen molar-refractivity contribution >= 4 is 5.82 Å². The van der Waals surface area contributed by atoms with Gasteiger partial charge in [-0.3, -0.25) is 9.36 Å². The predicted molar refractivity (Wildman–Crippen MR) is 71.3 cm³/mol. The fourth-order valence-electron chi connectivity index (χ4n) is 2.48. The standard InChI is InChI=1S/C12H20N4O3/c1-12(2)7(6-8(12)19-5)13-9-10(17)15(3)11(18)16(4)14-9/h7-8H,6H2,1-5H3,(H,13,14). The number of hydrogen-bond acceptors (Lipinski definition) is 5. The molecule has 19 heavy (non-hydrogen) atoms. The molecule has 0 amide bonds. The van der Waals surface area contributed by atoms with E-state index in [0.717, 1.165) is 15.7 Å². The van der Waals surface area contributed by atoms with Gasteiger partial charge in [0.05, 0.1) is 6.10 Å². The van der Waals surface area contributed by atoms with Crippen molar-refractivity contribution < 1.29 is 4.74 Å². The summed E-state index contributed by atoms with van der Waals surface area (Å²) >= 11 is 0. The normalized spacial score (nSPS) is 24.9. The first-order chi connectivity index (χ1) is 8.78. The van der Waals surface area contributed by atoms with Crippen LogP contribution in [0, 0.1) is 5.41 Å². The maximum absolute atomic E-state index is 12.0. The van der Waals surface area contributed by atoms with Gasteiger partial charge in [-0.15, -0.1) is 5.10 Å². The van der Waals surface area contributed by atoms with Crippen LogP contribution in [0.2, 0.25) is 0 Å². The van der Waals surface area contributed by atoms with E-state index in [0.29, 0.717) is 0 Å². The van der Waals surface area contributed by atoms with Gasteiger partial charge in [0.25, 0.3) is 5.56 Å². The zero-order valence-corrected chi connectivity index (χ0v) is 11.9. The van der Waals surface area contributed by atoms with Gasteiger partial charge in [0.15, 0.2) is 0 Å². The van der Waals surface area contributed by atoms with E-state index in [1.807, 2.05) is 0 Å². The third-order valence-corrected chi connectivity index (χ3v) is 4.09. The maximum Gasteiger partial charge on any atom is 0.346 e. The number of hydrogen-bond donors (Lipinski definition) is 1. The molecular formula is C12H20N4O3. The lowest BCUT2D eigenvalue weighted by Crippen LogP contribution is -2.58. The Morgan fingerprint density at radius 2 is 2.00 bits per heavy atom. The molecule has 2 atom stereocenters. The SMILES string of the molecule is COC1CC(Nc2nn(C)c(=O)n(C)c2=O)C1(C)C. The first-order valence-electron chi connectivity index (χ1n) is 6.22. The van der Waals surface area contributed by atoms with Crippen LogP contribution in [0.4, 0.5) is 5.82 Å². The fourth-order valence-corrected chi connectivity index (χ4v) is 2.48. The van der Waals surface area contributed by atoms with Gasteiger partial charge < -0.3 is 10.1 Å². The molecule has 1 aliphatic rings. The van der Waals surface area contributed by atoms with E-state index in [9.17, 15) is 9.59 Å². The van der Waals surface area contributed by atoms with Crippen LogP contribution in [0.3, 0.4) is 0 Å². The molecule has 0 saturated heterocycles. The molecule has 106 valence electrons. The summed E-state index contributed by atoms with van der Waals surface area (Å²) in [4.78, 5) is 23.5. The van der Waals surface area contributed by atoms with Crippen LogP contribution in [0.5, 0.6) is 0 Å². The Bertz CT molecular complexity index is 602. The van der Waals surface area contributed by atoms with Crippen LogP contribution in [-0.2, 0) is 18.8 Å². The van der Waals surface area contributed by atoms with Crippen LogP contribution in [0.15, 0.2) is 9.59 Å². The van der Waals surface area contributed by atoms with Crippen molar-refractivity contribution in [3.05, 3.63) is 20.8 Å². The number of aromatic nitrogens is 3. The lowest BCUT2D eigenvalue weighted by Gasteiger charge is -2.51. The predicted octanol–water partition coefficient (Wildman–Crippen LogP) is -0.296. The Morgan fingerprint density at radius 1 is 1.37 bits per heavy atom. The largest absolute Gasteiger partial charge is 0.381 e. The number of anilines is 1. The Hall–Kier alpha value is -1.63. The third kappa shape index (κ3) is 2.07. The lowest BCUT2D eigenvalue weighted by atomic mass is 9.64. The van der Waals surface area contributed by atoms with Crippen LogP contribution < -0.4 is 16.6 Å². The van der Waals surface area contributed by atoms with Crippen molar-refractivity contribution in [3.63, 3.8) is 0 Å². The van der Waals surface area contributed by atoms with Gasteiger partial charge in [-0.05, 0) is 6.42 Å². The second-order valence-electron chi connectivity index (χ2n) is 5.60. The second kappa shape index (κ2) is 4.48. The van der Waals surface area contributed by atoms with Crippen molar-refractivity contribution in [2.24, 2.45) is 19.5 Å². The topological polar surface area (TPSA) is 78.2 Å². The molecule has 1 saturated carbocycles. The monoisotopic (exact) mass is 268 g/mol. The average Bonchev–Trinajstić information content (AvgIpc) is 2.37. The number of nitrogens with one attached hydrogen (secondary N) is 1. The van der Waals surface area contributed by atoms with E-state index in [1.54, 1.807) is 7.11 Å². The van der Waals surface area contributed by atoms with Gasteiger partial charge in [0, 0.05) is 32.7 Å². The lowest BCUT2D eigenvalue weighted by molar-refractivity contribution is -0.0796. The highest BCUT2D eigenvalue weighted by Gasteiger charge is 2.49. The van der Waals surface area contributed by atoms with Crippen molar-refractivity contribution in [2.75, 3.05) is 12.4 Å². The molecule has 1 heterocycles. The summed E-state index contributed by atoms with van der Waals surface area (Å²) < 4.78 is 7.57. The van der Waals surface area contributed by atoms with Crippen LogP contribution in [0.1, 0.15) is 20.3 Å². The molecule has 1 aromatic heterocycles. The van der Waals surface area contributed by atoms with Crippen LogP contribution in [-0.4, -0.2) is 33.6 Å². The van der Waals surface area contributed by atoms with Gasteiger partial charge in [-0.25, -0.2) is 9.48 Å². The molecule has 0 bridgehead atoms. The Balaban J connectivity index is 2.27. The zero-order chi connectivity index (χ0) is 14.4. The number of ether oxygens (including phenoxy) is 1. The summed E-state index contributed by atoms with van der Waals surface area (Å²) in [6.45, 7) is 4.16. The van der Waals surface area contributed by atoms with E-state index in [-0.39, 0.29) is 23.4 Å². The van der Waals surface area contributed by atoms with Crippen molar-refractivity contribution in [2.45, 2.75) is 32.4 Å². The molecular weight excluding hydrogens is 248 g/mol. The van der Waals surface area contributed by atoms with Crippen molar-refractivity contribution in [1.29, 1.82) is 0 Å². The fraction of sp³-hybridized carbons (Fsp3) is 0.750. The molecule has 1 N–H and O–H groups in total. The zero-order valence-electron chi connectivity index (χ0n) is 11.9. The van der Waals surface area contributed by atoms with Gasteiger partial charge in [-0.1, -0.05) is 13.8 Å². The quantitative estimate of drug-likeness (QED) is 0.814. The molecule has 7 heteroatoms. The number of rotatable bonds is 3. The first-order valence-corrected chi connectivity index (χ1v) is 6.22. The summed E-state index contributed by atoms with van der Waals surface area (Å²) in [7, 11) is 4.66. The minimum absolute atomic E-state index is 0.0733. The number of nitrogens with zero attached hydrogens (tertiary/aromatic N) is 3. The van der Waals surface area contributed by atoms with E-state index < -0.39 is 11.2 Å². The molecule has 2 rings (SSSR count). The molecule has 1 fully saturated rings. The molecule has 0 aromatic carbocycles. The van der Waals surface area contributed by atoms with Crippen molar-refractivity contribution in [3.8, 4) is 0 Å². The van der Waals surface area contributed by atoms with Gasteiger partial charge in [0.1, 0.15) is 0 Å². The highest BCUT2D eigenvalue weighted by atomic mass is 16.5. The van der Waals surface area contributed by atoms with E-state index in [2.05, 4.69) is 24.3 Å². The molecule has 7 nitrogen and oxygen atoms in total. The summed E-state index contributed by atoms with van der Waals surface area (Å²) in [5.41, 5.74) is -0.908. The number of aryl methyl sites for hydroxylation is 1. The molecule has 0 aliphatic heterocycles. The molecule has 1 aromatic rings. The van der Waals surface area contributed by atoms with Gasteiger partial charge in [0.2, 0.25) is 5.82 Å². The molecule has 0 radical (unpaired) electrons. The Labute approximate surface area is 111 Å². The summed E-state index contributed by atoms with van der Waals surface area (Å²) in [5.74, 6) is 0.206. The minimum Gasteiger partial charge on any atom is -0.381 e. The van der Waals surface area contributed by atoms with Gasteiger partial charge in [-0.2, -0.15) is 0 Å². The maximum atomic E-state index is 12.0. The van der Waals surface area contributed by atoms with E-state index in [1.165, 1.54) is 14.1 Å². The highest BCUT2D eigenvalue weighted by molar-refractivity contribution is 5.34. The highest BCUT2D eigenvalue weighted by Crippen LogP contribution is 2.43. The van der Waals surface area contributed by atoms with E-state index >= 15 is 0 Å². The van der Waals surface area contributed by atoms with E-state index in [4.69, 9.17) is 4.74 Å². The molecule has 0 spiro atoms. The number of methoxy groups -OCH3 is 1. The Kier molecular flexibility index (Phi) is 3.25. The Morgan fingerprint density at radius 3 is 2.53 bits per heavy atom. The molecule has 1 aliphatic carbocycles. The average molecular weight is 268 g/mol. The van der Waals surface area contributed by atoms with Gasteiger partial charge >= 0.3 is 5.69 Å².